The Morgan fingerprint density at radius 2 is 1.32 bits per heavy atom. The monoisotopic (exact) mass is 492 g/mol. The zero-order valence-corrected chi connectivity index (χ0v) is 21.3. The van der Waals surface area contributed by atoms with Gasteiger partial charge in [0.15, 0.2) is 0 Å². The Hall–Kier alpha value is -1.72. The number of carbonyl (C=O) groups is 1. The minimum Gasteiger partial charge on any atom is -0.369 e. The lowest BCUT2D eigenvalue weighted by Crippen LogP contribution is -2.54. The third-order valence-electron chi connectivity index (χ3n) is 7.25. The van der Waals surface area contributed by atoms with Crippen LogP contribution >= 0.6 is 0 Å². The van der Waals surface area contributed by atoms with Gasteiger partial charge in [0.25, 0.3) is 10.2 Å². The smallest absolute Gasteiger partial charge is 0.282 e. The van der Waals surface area contributed by atoms with Crippen LogP contribution in [0.4, 0.5) is 11.4 Å². The Bertz CT molecular complexity index is 886. The summed E-state index contributed by atoms with van der Waals surface area (Å²) < 4.78 is 29.2. The number of hydrogen-bond acceptors (Lipinski definition) is 6. The van der Waals surface area contributed by atoms with Crippen LogP contribution in [0.2, 0.25) is 0 Å². The average Bonchev–Trinajstić information content (AvgIpc) is 3.15. The zero-order chi connectivity index (χ0) is 24.0. The minimum atomic E-state index is -3.39. The summed E-state index contributed by atoms with van der Waals surface area (Å²) >= 11 is 0. The predicted octanol–water partition coefficient (Wildman–Crippen LogP) is 1.51. The Labute approximate surface area is 204 Å². The number of nitrogens with zero attached hydrogens (tertiary/aromatic N) is 5. The lowest BCUT2D eigenvalue weighted by atomic mass is 10.2. The van der Waals surface area contributed by atoms with E-state index >= 15 is 0 Å². The first-order chi connectivity index (χ1) is 16.5. The van der Waals surface area contributed by atoms with Crippen molar-refractivity contribution in [2.24, 2.45) is 0 Å². The third kappa shape index (κ3) is 6.48. The first-order valence-electron chi connectivity index (χ1n) is 12.8. The molecule has 1 amide bonds. The van der Waals surface area contributed by atoms with E-state index in [1.165, 1.54) is 5.69 Å². The summed E-state index contributed by atoms with van der Waals surface area (Å²) in [6.45, 7) is 11.1. The summed E-state index contributed by atoms with van der Waals surface area (Å²) in [6.07, 6.45) is 4.09. The first kappa shape index (κ1) is 25.4. The van der Waals surface area contributed by atoms with Crippen LogP contribution in [0, 0.1) is 0 Å². The SMILES string of the molecule is CCN1CCN(c2ccc(NC(=O)CN3CCN(S(=O)(=O)N4CCCCCC4)CC3)cc2)CC1. The molecule has 0 aromatic heterocycles. The number of benzene rings is 1. The van der Waals surface area contributed by atoms with Crippen LogP contribution in [-0.2, 0) is 15.0 Å². The van der Waals surface area contributed by atoms with E-state index in [0.717, 1.165) is 64.1 Å². The van der Waals surface area contributed by atoms with Crippen molar-refractivity contribution in [1.82, 2.24) is 18.4 Å². The molecule has 0 unspecified atom stereocenters. The number of hydrogen-bond donors (Lipinski definition) is 1. The molecule has 1 aromatic carbocycles. The normalized spacial score (nSPS) is 22.4. The molecule has 9 nitrogen and oxygen atoms in total. The fraction of sp³-hybridized carbons (Fsp3) is 0.708. The van der Waals surface area contributed by atoms with Crippen molar-refractivity contribution in [2.45, 2.75) is 32.6 Å². The Morgan fingerprint density at radius 1 is 0.765 bits per heavy atom. The van der Waals surface area contributed by atoms with Crippen molar-refractivity contribution < 1.29 is 13.2 Å². The second-order valence-corrected chi connectivity index (χ2v) is 11.4. The number of likely N-dealkylation sites (N-methyl/N-ethyl adjacent to an activating group) is 1. The molecular weight excluding hydrogens is 452 g/mol. The van der Waals surface area contributed by atoms with Crippen LogP contribution in [0.25, 0.3) is 0 Å². The highest BCUT2D eigenvalue weighted by molar-refractivity contribution is 7.86. The van der Waals surface area contributed by atoms with Crippen molar-refractivity contribution in [1.29, 1.82) is 0 Å². The molecule has 0 saturated carbocycles. The number of amides is 1. The second-order valence-electron chi connectivity index (χ2n) is 9.51. The fourth-order valence-electron chi connectivity index (χ4n) is 5.04. The van der Waals surface area contributed by atoms with Crippen molar-refractivity contribution in [3.8, 4) is 0 Å². The highest BCUT2D eigenvalue weighted by Crippen LogP contribution is 2.20. The maximum Gasteiger partial charge on any atom is 0.282 e. The van der Waals surface area contributed by atoms with Gasteiger partial charge in [-0.3, -0.25) is 9.69 Å². The Balaban J connectivity index is 1.21. The molecule has 0 atom stereocenters. The van der Waals surface area contributed by atoms with Gasteiger partial charge < -0.3 is 15.1 Å². The lowest BCUT2D eigenvalue weighted by Gasteiger charge is -2.36. The largest absolute Gasteiger partial charge is 0.369 e. The summed E-state index contributed by atoms with van der Waals surface area (Å²) in [7, 11) is -3.39. The molecule has 3 fully saturated rings. The molecule has 10 heteroatoms. The molecule has 1 aromatic rings. The van der Waals surface area contributed by atoms with E-state index < -0.39 is 10.2 Å². The van der Waals surface area contributed by atoms with Gasteiger partial charge in [-0.15, -0.1) is 0 Å². The van der Waals surface area contributed by atoms with Gasteiger partial charge in [-0.1, -0.05) is 19.8 Å². The van der Waals surface area contributed by atoms with Crippen LogP contribution in [-0.4, -0.2) is 111 Å². The van der Waals surface area contributed by atoms with Gasteiger partial charge in [-0.25, -0.2) is 0 Å². The predicted molar refractivity (Wildman–Crippen MR) is 136 cm³/mol. The van der Waals surface area contributed by atoms with Gasteiger partial charge in [0.05, 0.1) is 6.54 Å². The molecule has 3 aliphatic heterocycles. The quantitative estimate of drug-likeness (QED) is 0.622. The highest BCUT2D eigenvalue weighted by Gasteiger charge is 2.32. The van der Waals surface area contributed by atoms with E-state index in [0.29, 0.717) is 39.3 Å². The lowest BCUT2D eigenvalue weighted by molar-refractivity contribution is -0.117. The highest BCUT2D eigenvalue weighted by atomic mass is 32.2. The van der Waals surface area contributed by atoms with E-state index in [1.54, 1.807) is 8.61 Å². The van der Waals surface area contributed by atoms with E-state index in [9.17, 15) is 13.2 Å². The number of carbonyl (C=O) groups excluding carboxylic acids is 1. The Kier molecular flexibility index (Phi) is 8.81. The standard InChI is InChI=1S/C24H40N6O3S/c1-2-26-13-17-28(18-14-26)23-9-7-22(8-10-23)25-24(31)21-27-15-19-30(20-16-27)34(32,33)29-11-5-3-4-6-12-29/h7-10H,2-6,11-21H2,1H3,(H,25,31). The third-order valence-corrected chi connectivity index (χ3v) is 9.29. The second kappa shape index (κ2) is 11.8. The van der Waals surface area contributed by atoms with E-state index in [4.69, 9.17) is 0 Å². The van der Waals surface area contributed by atoms with E-state index in [1.807, 2.05) is 17.0 Å². The van der Waals surface area contributed by atoms with Gasteiger partial charge in [0, 0.05) is 76.8 Å². The Morgan fingerprint density at radius 3 is 1.91 bits per heavy atom. The molecule has 0 spiro atoms. The molecule has 0 bridgehead atoms. The van der Waals surface area contributed by atoms with Gasteiger partial charge in [-0.2, -0.15) is 17.0 Å². The molecule has 3 saturated heterocycles. The molecule has 4 rings (SSSR count). The number of piperazine rings is 2. The van der Waals surface area contributed by atoms with Gasteiger partial charge in [0.2, 0.25) is 5.91 Å². The summed E-state index contributed by atoms with van der Waals surface area (Å²) in [4.78, 5) is 19.5. The topological polar surface area (TPSA) is 79.4 Å². The van der Waals surface area contributed by atoms with Crippen molar-refractivity contribution in [3.63, 3.8) is 0 Å². The summed E-state index contributed by atoms with van der Waals surface area (Å²) in [5.41, 5.74) is 1.99. The van der Waals surface area contributed by atoms with Gasteiger partial charge in [-0.05, 0) is 43.7 Å². The molecule has 3 aliphatic rings. The minimum absolute atomic E-state index is 0.0619. The number of nitrogens with one attached hydrogen (secondary N) is 1. The first-order valence-corrected chi connectivity index (χ1v) is 14.2. The maximum atomic E-state index is 13.0. The summed E-state index contributed by atoms with van der Waals surface area (Å²) in [5.74, 6) is -0.0619. The van der Waals surface area contributed by atoms with Gasteiger partial charge >= 0.3 is 0 Å². The molecule has 3 heterocycles. The molecule has 34 heavy (non-hydrogen) atoms. The van der Waals surface area contributed by atoms with Crippen molar-refractivity contribution in [3.05, 3.63) is 24.3 Å². The van der Waals surface area contributed by atoms with Crippen LogP contribution < -0.4 is 10.2 Å². The van der Waals surface area contributed by atoms with Crippen molar-refractivity contribution >= 4 is 27.5 Å². The molecule has 0 aliphatic carbocycles. The summed E-state index contributed by atoms with van der Waals surface area (Å²) in [6, 6.07) is 8.07. The zero-order valence-electron chi connectivity index (χ0n) is 20.5. The van der Waals surface area contributed by atoms with E-state index in [2.05, 4.69) is 34.2 Å². The molecule has 1 N–H and O–H groups in total. The van der Waals surface area contributed by atoms with Crippen LogP contribution in [0.3, 0.4) is 0 Å². The van der Waals surface area contributed by atoms with Crippen molar-refractivity contribution in [2.75, 3.05) is 88.8 Å². The van der Waals surface area contributed by atoms with Crippen LogP contribution in [0.1, 0.15) is 32.6 Å². The van der Waals surface area contributed by atoms with Crippen LogP contribution in [0.15, 0.2) is 24.3 Å². The number of anilines is 2. The summed E-state index contributed by atoms with van der Waals surface area (Å²) in [5, 5.41) is 2.99. The number of rotatable bonds is 7. The molecule has 190 valence electrons. The average molecular weight is 493 g/mol. The molecular formula is C24H40N6O3S. The molecule has 0 radical (unpaired) electrons. The van der Waals surface area contributed by atoms with Crippen LogP contribution in [0.5, 0.6) is 0 Å². The maximum absolute atomic E-state index is 13.0. The van der Waals surface area contributed by atoms with E-state index in [-0.39, 0.29) is 12.5 Å². The fourth-order valence-corrected chi connectivity index (χ4v) is 6.71. The van der Waals surface area contributed by atoms with Gasteiger partial charge in [0.1, 0.15) is 0 Å².